The molecule has 0 saturated heterocycles. The van der Waals surface area contributed by atoms with Gasteiger partial charge in [0.25, 0.3) is 5.91 Å². The average Bonchev–Trinajstić information content (AvgIpc) is 2.71. The summed E-state index contributed by atoms with van der Waals surface area (Å²) in [7, 11) is 1.87. The Balaban J connectivity index is 1.91. The minimum atomic E-state index is 0.0248. The molecule has 5 heteroatoms. The van der Waals surface area contributed by atoms with Crippen LogP contribution >= 0.6 is 11.3 Å². The van der Waals surface area contributed by atoms with E-state index in [0.717, 1.165) is 22.3 Å². The maximum atomic E-state index is 12.6. The van der Waals surface area contributed by atoms with Crippen molar-refractivity contribution in [3.63, 3.8) is 0 Å². The van der Waals surface area contributed by atoms with Crippen LogP contribution in [0.1, 0.15) is 34.5 Å². The lowest BCUT2D eigenvalue weighted by Gasteiger charge is -2.30. The molecule has 2 aromatic rings. The Labute approximate surface area is 122 Å². The van der Waals surface area contributed by atoms with Gasteiger partial charge < -0.3 is 10.6 Å². The number of carbonyl (C=O) groups is 1. The highest BCUT2D eigenvalue weighted by Crippen LogP contribution is 2.35. The van der Waals surface area contributed by atoms with Gasteiger partial charge in [0, 0.05) is 25.2 Å². The number of aryl methyl sites for hydroxylation is 1. The van der Waals surface area contributed by atoms with Crippen LogP contribution in [0.4, 0.5) is 5.69 Å². The molecule has 0 spiro atoms. The summed E-state index contributed by atoms with van der Waals surface area (Å²) < 4.78 is 0. The standard InChI is InChI=1S/C15H19N3OS/c1-9-6-7-17-14-11(9)12(16)13(20-14)15(19)18(2)8-10-4-3-5-10/h6-7,10H,3-5,8,16H2,1-2H3. The van der Waals surface area contributed by atoms with Crippen LogP contribution in [0.25, 0.3) is 10.2 Å². The number of amides is 1. The molecule has 2 N–H and O–H groups in total. The van der Waals surface area contributed by atoms with Crippen LogP contribution in [-0.2, 0) is 0 Å². The van der Waals surface area contributed by atoms with E-state index in [0.29, 0.717) is 16.5 Å². The van der Waals surface area contributed by atoms with Crippen LogP contribution in [0, 0.1) is 12.8 Å². The van der Waals surface area contributed by atoms with Crippen LogP contribution in [0.15, 0.2) is 12.3 Å². The van der Waals surface area contributed by atoms with E-state index in [2.05, 4.69) is 4.98 Å². The van der Waals surface area contributed by atoms with Crippen LogP contribution in [-0.4, -0.2) is 29.4 Å². The number of thiophene rings is 1. The number of anilines is 1. The number of aromatic nitrogens is 1. The van der Waals surface area contributed by atoms with E-state index < -0.39 is 0 Å². The second-order valence-corrected chi connectivity index (χ2v) is 6.63. The summed E-state index contributed by atoms with van der Waals surface area (Å²) >= 11 is 1.40. The van der Waals surface area contributed by atoms with Gasteiger partial charge in [-0.1, -0.05) is 6.42 Å². The molecule has 0 bridgehead atoms. The first-order chi connectivity index (χ1) is 9.58. The van der Waals surface area contributed by atoms with E-state index in [1.807, 2.05) is 20.0 Å². The molecule has 4 nitrogen and oxygen atoms in total. The number of nitrogen functional groups attached to an aromatic ring is 1. The number of fused-ring (bicyclic) bond motifs is 1. The largest absolute Gasteiger partial charge is 0.397 e. The summed E-state index contributed by atoms with van der Waals surface area (Å²) in [6.45, 7) is 2.83. The van der Waals surface area contributed by atoms with Crippen molar-refractivity contribution >= 4 is 33.1 Å². The second kappa shape index (κ2) is 5.05. The number of carbonyl (C=O) groups excluding carboxylic acids is 1. The predicted octanol–water partition coefficient (Wildman–Crippen LogP) is 3.06. The fraction of sp³-hybridized carbons (Fsp3) is 0.467. The summed E-state index contributed by atoms with van der Waals surface area (Å²) in [5.74, 6) is 0.691. The molecule has 1 amide bonds. The highest BCUT2D eigenvalue weighted by Gasteiger charge is 2.25. The summed E-state index contributed by atoms with van der Waals surface area (Å²) in [6.07, 6.45) is 5.53. The van der Waals surface area contributed by atoms with Crippen molar-refractivity contribution in [2.45, 2.75) is 26.2 Å². The lowest BCUT2D eigenvalue weighted by atomic mass is 9.85. The SMILES string of the molecule is Cc1ccnc2sc(C(=O)N(C)CC3CCC3)c(N)c12. The molecule has 3 rings (SSSR count). The Morgan fingerprint density at radius 3 is 2.90 bits per heavy atom. The van der Waals surface area contributed by atoms with Crippen LogP contribution in [0.5, 0.6) is 0 Å². The molecule has 0 aliphatic heterocycles. The summed E-state index contributed by atoms with van der Waals surface area (Å²) in [6, 6.07) is 1.93. The zero-order valence-electron chi connectivity index (χ0n) is 11.8. The maximum absolute atomic E-state index is 12.6. The van der Waals surface area contributed by atoms with Crippen LogP contribution in [0.3, 0.4) is 0 Å². The van der Waals surface area contributed by atoms with E-state index in [9.17, 15) is 4.79 Å². The minimum Gasteiger partial charge on any atom is -0.397 e. The van der Waals surface area contributed by atoms with Gasteiger partial charge in [0.1, 0.15) is 9.71 Å². The van der Waals surface area contributed by atoms with Gasteiger partial charge in [-0.2, -0.15) is 0 Å². The van der Waals surface area contributed by atoms with Gasteiger partial charge >= 0.3 is 0 Å². The van der Waals surface area contributed by atoms with Crippen molar-refractivity contribution in [1.29, 1.82) is 0 Å². The molecule has 0 radical (unpaired) electrons. The lowest BCUT2D eigenvalue weighted by molar-refractivity contribution is 0.0751. The fourth-order valence-electron chi connectivity index (χ4n) is 2.68. The average molecular weight is 289 g/mol. The summed E-state index contributed by atoms with van der Waals surface area (Å²) in [5.41, 5.74) is 7.84. The third-order valence-corrected chi connectivity index (χ3v) is 5.24. The maximum Gasteiger partial charge on any atom is 0.265 e. The van der Waals surface area contributed by atoms with E-state index in [1.165, 1.54) is 30.6 Å². The van der Waals surface area contributed by atoms with Crippen LogP contribution < -0.4 is 5.73 Å². The van der Waals surface area contributed by atoms with Crippen molar-refractivity contribution in [3.8, 4) is 0 Å². The Morgan fingerprint density at radius 2 is 2.30 bits per heavy atom. The molecule has 1 aliphatic carbocycles. The minimum absolute atomic E-state index is 0.0248. The number of rotatable bonds is 3. The van der Waals surface area contributed by atoms with Crippen molar-refractivity contribution < 1.29 is 4.79 Å². The first kappa shape index (κ1) is 13.4. The number of pyridine rings is 1. The topological polar surface area (TPSA) is 59.2 Å². The van der Waals surface area contributed by atoms with Crippen LogP contribution in [0.2, 0.25) is 0 Å². The molecule has 2 heterocycles. The van der Waals surface area contributed by atoms with E-state index in [-0.39, 0.29) is 5.91 Å². The Kier molecular flexibility index (Phi) is 3.38. The smallest absolute Gasteiger partial charge is 0.265 e. The molecule has 106 valence electrons. The molecule has 2 aromatic heterocycles. The van der Waals surface area contributed by atoms with Gasteiger partial charge in [-0.25, -0.2) is 4.98 Å². The molecule has 0 atom stereocenters. The van der Waals surface area contributed by atoms with Crippen molar-refractivity contribution in [3.05, 3.63) is 22.7 Å². The number of hydrogen-bond donors (Lipinski definition) is 1. The Hall–Kier alpha value is -1.62. The van der Waals surface area contributed by atoms with Crippen molar-refractivity contribution in [1.82, 2.24) is 9.88 Å². The highest BCUT2D eigenvalue weighted by molar-refractivity contribution is 7.21. The number of nitrogens with zero attached hydrogens (tertiary/aromatic N) is 2. The van der Waals surface area contributed by atoms with E-state index in [1.54, 1.807) is 11.1 Å². The fourth-order valence-corrected chi connectivity index (χ4v) is 3.82. The monoisotopic (exact) mass is 289 g/mol. The second-order valence-electron chi connectivity index (χ2n) is 5.64. The normalized spacial score (nSPS) is 15.3. The molecule has 1 saturated carbocycles. The first-order valence-corrected chi connectivity index (χ1v) is 7.78. The Morgan fingerprint density at radius 1 is 1.55 bits per heavy atom. The van der Waals surface area contributed by atoms with Crippen molar-refractivity contribution in [2.24, 2.45) is 5.92 Å². The lowest BCUT2D eigenvalue weighted by Crippen LogP contribution is -2.34. The molecular formula is C15H19N3OS. The molecule has 1 fully saturated rings. The third kappa shape index (κ3) is 2.16. The number of nitrogens with two attached hydrogens (primary N) is 1. The molecule has 20 heavy (non-hydrogen) atoms. The molecule has 1 aliphatic rings. The van der Waals surface area contributed by atoms with Gasteiger partial charge in [0.15, 0.2) is 0 Å². The summed E-state index contributed by atoms with van der Waals surface area (Å²) in [4.78, 5) is 20.2. The van der Waals surface area contributed by atoms with E-state index >= 15 is 0 Å². The quantitative estimate of drug-likeness (QED) is 0.944. The van der Waals surface area contributed by atoms with Crippen molar-refractivity contribution in [2.75, 3.05) is 19.3 Å². The number of hydrogen-bond acceptors (Lipinski definition) is 4. The molecular weight excluding hydrogens is 270 g/mol. The summed E-state index contributed by atoms with van der Waals surface area (Å²) in [5, 5.41) is 0.929. The van der Waals surface area contributed by atoms with Gasteiger partial charge in [-0.05, 0) is 37.3 Å². The highest BCUT2D eigenvalue weighted by atomic mass is 32.1. The van der Waals surface area contributed by atoms with E-state index in [4.69, 9.17) is 5.73 Å². The zero-order valence-corrected chi connectivity index (χ0v) is 12.7. The van der Waals surface area contributed by atoms with Gasteiger partial charge in [0.2, 0.25) is 0 Å². The Bertz CT molecular complexity index is 660. The zero-order chi connectivity index (χ0) is 14.3. The first-order valence-electron chi connectivity index (χ1n) is 6.97. The predicted molar refractivity (Wildman–Crippen MR) is 83.1 cm³/mol. The van der Waals surface area contributed by atoms with Gasteiger partial charge in [-0.3, -0.25) is 4.79 Å². The molecule has 0 unspecified atom stereocenters. The van der Waals surface area contributed by atoms with Gasteiger partial charge in [-0.15, -0.1) is 11.3 Å². The molecule has 0 aromatic carbocycles. The van der Waals surface area contributed by atoms with Gasteiger partial charge in [0.05, 0.1) is 5.69 Å². The third-order valence-electron chi connectivity index (χ3n) is 4.13.